The number of hydrogen-bond acceptors (Lipinski definition) is 7. The van der Waals surface area contributed by atoms with Crippen molar-refractivity contribution in [2.45, 2.75) is 37.8 Å². The largest absolute Gasteiger partial charge is 0.508 e. The lowest BCUT2D eigenvalue weighted by molar-refractivity contribution is 0.0285. The second-order valence-electron chi connectivity index (χ2n) is 9.35. The Balaban J connectivity index is 2.05. The van der Waals surface area contributed by atoms with Gasteiger partial charge in [-0.3, -0.25) is 0 Å². The first-order valence-corrected chi connectivity index (χ1v) is 12.9. The minimum absolute atomic E-state index is 0.00427. The molecule has 1 amide bonds. The van der Waals surface area contributed by atoms with Crippen LogP contribution in [-0.4, -0.2) is 61.5 Å². The van der Waals surface area contributed by atoms with Gasteiger partial charge in [0.2, 0.25) is 0 Å². The van der Waals surface area contributed by atoms with Gasteiger partial charge in [-0.05, 0) is 56.7 Å². The molecule has 3 aromatic rings. The number of aromatic nitrogens is 1. The number of carbonyl (C=O) groups is 1. The van der Waals surface area contributed by atoms with Gasteiger partial charge in [-0.25, -0.2) is 21.6 Å². The fourth-order valence-corrected chi connectivity index (χ4v) is 4.88. The molecule has 0 saturated heterocycles. The van der Waals surface area contributed by atoms with Crippen molar-refractivity contribution in [2.24, 2.45) is 0 Å². The molecule has 0 saturated carbocycles. The summed E-state index contributed by atoms with van der Waals surface area (Å²) in [4.78, 5) is 13.7. The van der Waals surface area contributed by atoms with Crippen LogP contribution in [0.2, 0.25) is 0 Å². The number of amides is 1. The molecule has 9 nitrogen and oxygen atoms in total. The van der Waals surface area contributed by atoms with Crippen LogP contribution in [-0.2, 0) is 26.0 Å². The minimum Gasteiger partial charge on any atom is -0.508 e. The number of benzene rings is 2. The van der Waals surface area contributed by atoms with E-state index >= 15 is 0 Å². The molecule has 3 rings (SSSR count). The van der Waals surface area contributed by atoms with Crippen LogP contribution in [0.15, 0.2) is 59.6 Å². The number of carbonyl (C=O) groups excluding carboxylic acids is 1. The third-order valence-electron chi connectivity index (χ3n) is 5.11. The molecule has 0 bridgehead atoms. The number of rotatable bonds is 9. The molecule has 37 heavy (non-hydrogen) atoms. The van der Waals surface area contributed by atoms with Gasteiger partial charge >= 0.3 is 6.09 Å². The number of nitrogens with zero attached hydrogens (tertiary/aromatic N) is 2. The molecule has 0 aliphatic carbocycles. The Bertz CT molecular complexity index is 1360. The zero-order chi connectivity index (χ0) is 27.4. The average molecular weight is 535 g/mol. The van der Waals surface area contributed by atoms with Crippen LogP contribution in [0.1, 0.15) is 26.3 Å². The summed E-state index contributed by atoms with van der Waals surface area (Å²) in [6, 6.07) is 10.9. The lowest BCUT2D eigenvalue weighted by Crippen LogP contribution is -2.33. The number of halogens is 1. The van der Waals surface area contributed by atoms with Gasteiger partial charge in [0.15, 0.2) is 0 Å². The zero-order valence-electron chi connectivity index (χ0n) is 21.4. The molecular weight excluding hydrogens is 503 g/mol. The van der Waals surface area contributed by atoms with E-state index in [1.807, 2.05) is 0 Å². The second kappa shape index (κ2) is 11.2. The summed E-state index contributed by atoms with van der Waals surface area (Å²) in [5.41, 5.74) is -0.306. The molecule has 200 valence electrons. The van der Waals surface area contributed by atoms with Crippen LogP contribution in [0.25, 0.3) is 11.3 Å². The first-order chi connectivity index (χ1) is 17.3. The second-order valence-corrected chi connectivity index (χ2v) is 11.2. The predicted molar refractivity (Wildman–Crippen MR) is 136 cm³/mol. The first-order valence-electron chi connectivity index (χ1n) is 11.4. The van der Waals surface area contributed by atoms with Crippen LogP contribution in [0, 0.1) is 5.82 Å². The van der Waals surface area contributed by atoms with E-state index in [2.05, 4.69) is 0 Å². The van der Waals surface area contributed by atoms with E-state index in [-0.39, 0.29) is 35.1 Å². The topological polar surface area (TPSA) is 107 Å². The van der Waals surface area contributed by atoms with Crippen molar-refractivity contribution in [1.82, 2.24) is 8.87 Å². The van der Waals surface area contributed by atoms with E-state index in [0.29, 0.717) is 17.9 Å². The lowest BCUT2D eigenvalue weighted by Gasteiger charge is -2.24. The van der Waals surface area contributed by atoms with Gasteiger partial charge in [0.1, 0.15) is 29.5 Å². The molecule has 0 unspecified atom stereocenters. The smallest absolute Gasteiger partial charge is 0.410 e. The normalized spacial score (nSPS) is 11.8. The monoisotopic (exact) mass is 534 g/mol. The van der Waals surface area contributed by atoms with Gasteiger partial charge in [0.05, 0.1) is 23.7 Å². The van der Waals surface area contributed by atoms with Gasteiger partial charge in [0.25, 0.3) is 10.0 Å². The fourth-order valence-electron chi connectivity index (χ4n) is 3.45. The summed E-state index contributed by atoms with van der Waals surface area (Å²) in [7, 11) is -1.18. The molecule has 1 aromatic heterocycles. The highest BCUT2D eigenvalue weighted by atomic mass is 32.2. The summed E-state index contributed by atoms with van der Waals surface area (Å²) < 4.78 is 59.1. The average Bonchev–Trinajstić information content (AvgIpc) is 3.22. The molecule has 11 heteroatoms. The molecule has 0 atom stereocenters. The van der Waals surface area contributed by atoms with E-state index in [1.54, 1.807) is 26.8 Å². The molecule has 0 fully saturated rings. The van der Waals surface area contributed by atoms with Crippen molar-refractivity contribution in [1.29, 1.82) is 0 Å². The first kappa shape index (κ1) is 28.0. The molecule has 0 aliphatic rings. The van der Waals surface area contributed by atoms with Crippen LogP contribution >= 0.6 is 0 Å². The molecule has 0 radical (unpaired) electrons. The Kier molecular flexibility index (Phi) is 8.49. The fraction of sp³-hybridized carbons (Fsp3) is 0.346. The molecule has 0 spiro atoms. The van der Waals surface area contributed by atoms with Crippen LogP contribution < -0.4 is 4.74 Å². The highest BCUT2D eigenvalue weighted by molar-refractivity contribution is 7.90. The van der Waals surface area contributed by atoms with Crippen LogP contribution in [0.3, 0.4) is 0 Å². The van der Waals surface area contributed by atoms with Crippen LogP contribution in [0.4, 0.5) is 9.18 Å². The SMILES string of the molecule is COCCOc1cccc(S(=O)(=O)n2cc(CN(C)C(=O)OC(C)(C)C)cc2-c2ccc(O)cc2F)c1. The van der Waals surface area contributed by atoms with Gasteiger partial charge in [-0.2, -0.15) is 0 Å². The standard InChI is InChI=1S/C26H31FN2O7S/c1-26(2,3)36-25(31)28(4)16-18-13-24(22-10-9-19(30)14-23(22)27)29(17-18)37(32,33)21-8-6-7-20(15-21)35-12-11-34-5/h6-10,13-15,17,30H,11-12,16H2,1-5H3. The lowest BCUT2D eigenvalue weighted by atomic mass is 10.1. The van der Waals surface area contributed by atoms with Crippen molar-refractivity contribution in [3.05, 3.63) is 66.1 Å². The van der Waals surface area contributed by atoms with E-state index in [4.69, 9.17) is 14.2 Å². The number of phenols is 1. The van der Waals surface area contributed by atoms with Crippen molar-refractivity contribution in [3.63, 3.8) is 0 Å². The van der Waals surface area contributed by atoms with E-state index in [0.717, 1.165) is 10.0 Å². The Morgan fingerprint density at radius 1 is 1.11 bits per heavy atom. The van der Waals surface area contributed by atoms with Crippen molar-refractivity contribution in [3.8, 4) is 22.8 Å². The summed E-state index contributed by atoms with van der Waals surface area (Å²) in [5.74, 6) is -0.779. The maximum absolute atomic E-state index is 14.8. The Labute approximate surface area is 216 Å². The number of ether oxygens (including phenoxy) is 3. The molecule has 2 aromatic carbocycles. The van der Waals surface area contributed by atoms with Gasteiger partial charge in [-0.15, -0.1) is 0 Å². The zero-order valence-corrected chi connectivity index (χ0v) is 22.2. The van der Waals surface area contributed by atoms with Gasteiger partial charge in [0, 0.05) is 38.1 Å². The molecule has 1 N–H and O–H groups in total. The number of hydrogen-bond donors (Lipinski definition) is 1. The highest BCUT2D eigenvalue weighted by Crippen LogP contribution is 2.32. The number of aromatic hydroxyl groups is 1. The maximum atomic E-state index is 14.8. The van der Waals surface area contributed by atoms with Crippen molar-refractivity contribution in [2.75, 3.05) is 27.4 Å². The Hall–Kier alpha value is -3.57. The summed E-state index contributed by atoms with van der Waals surface area (Å²) in [6.45, 7) is 5.77. The predicted octanol–water partition coefficient (Wildman–Crippen LogP) is 4.63. The maximum Gasteiger partial charge on any atom is 0.410 e. The summed E-state index contributed by atoms with van der Waals surface area (Å²) in [5, 5.41) is 9.64. The van der Waals surface area contributed by atoms with Crippen molar-refractivity contribution < 1.29 is 36.9 Å². The molecule has 1 heterocycles. The Morgan fingerprint density at radius 2 is 1.84 bits per heavy atom. The van der Waals surface area contributed by atoms with Gasteiger partial charge in [-0.1, -0.05) is 6.07 Å². The van der Waals surface area contributed by atoms with Gasteiger partial charge < -0.3 is 24.2 Å². The quantitative estimate of drug-likeness (QED) is 0.399. The Morgan fingerprint density at radius 3 is 2.49 bits per heavy atom. The third-order valence-corrected chi connectivity index (χ3v) is 6.78. The summed E-state index contributed by atoms with van der Waals surface area (Å²) >= 11 is 0. The number of phenolic OH excluding ortho intramolecular Hbond substituents is 1. The number of methoxy groups -OCH3 is 1. The van der Waals surface area contributed by atoms with E-state index < -0.39 is 27.5 Å². The van der Waals surface area contributed by atoms with Crippen LogP contribution in [0.5, 0.6) is 11.5 Å². The molecule has 0 aliphatic heterocycles. The van der Waals surface area contributed by atoms with Crippen molar-refractivity contribution >= 4 is 16.1 Å². The van der Waals surface area contributed by atoms with E-state index in [1.165, 1.54) is 61.7 Å². The summed E-state index contributed by atoms with van der Waals surface area (Å²) in [6.07, 6.45) is 0.734. The molecular formula is C26H31FN2O7S. The van der Waals surface area contributed by atoms with E-state index in [9.17, 15) is 22.7 Å². The third kappa shape index (κ3) is 7.01. The minimum atomic E-state index is -4.22. The highest BCUT2D eigenvalue weighted by Gasteiger charge is 2.26.